The van der Waals surface area contributed by atoms with Crippen molar-refractivity contribution < 1.29 is 0 Å². The summed E-state index contributed by atoms with van der Waals surface area (Å²) >= 11 is 0. The minimum absolute atomic E-state index is 1.11. The van der Waals surface area contributed by atoms with E-state index in [1.165, 1.54) is 6.42 Å². The fourth-order valence-electron chi connectivity index (χ4n) is 1.86. The summed E-state index contributed by atoms with van der Waals surface area (Å²) in [5, 5.41) is 0. The van der Waals surface area contributed by atoms with Gasteiger partial charge in [-0.3, -0.25) is 0 Å². The average molecular weight is 328 g/mol. The molecule has 0 fully saturated rings. The van der Waals surface area contributed by atoms with Crippen LogP contribution in [-0.2, 0) is 0 Å². The zero-order chi connectivity index (χ0) is 17.7. The largest absolute Gasteiger partial charge is 0.0845 e. The Labute approximate surface area is 153 Å². The minimum Gasteiger partial charge on any atom is -0.0845 e. The fourth-order valence-corrected chi connectivity index (χ4v) is 1.86. The molecule has 0 aromatic rings. The second-order valence-electron chi connectivity index (χ2n) is 5.25. The molecule has 0 atom stereocenters. The van der Waals surface area contributed by atoms with Gasteiger partial charge in [-0.05, 0) is 19.3 Å². The smallest absolute Gasteiger partial charge is 0.0345 e. The predicted octanol–water partition coefficient (Wildman–Crippen LogP) is 7.29. The molecule has 1 aliphatic rings. The highest BCUT2D eigenvalue weighted by Crippen LogP contribution is 1.98. The Balaban J connectivity index is 2.57. The van der Waals surface area contributed by atoms with E-state index in [0.717, 1.165) is 12.8 Å². The topological polar surface area (TPSA) is 0 Å². The maximum Gasteiger partial charge on any atom is -0.0345 e. The van der Waals surface area contributed by atoms with E-state index in [2.05, 4.69) is 36.5 Å². The van der Waals surface area contributed by atoms with Gasteiger partial charge >= 0.3 is 0 Å². The van der Waals surface area contributed by atoms with Crippen molar-refractivity contribution in [3.8, 4) is 0 Å². The Morgan fingerprint density at radius 3 is 0.680 bits per heavy atom. The third kappa shape index (κ3) is 15.8. The van der Waals surface area contributed by atoms with Crippen LogP contribution in [0.5, 0.6) is 0 Å². The van der Waals surface area contributed by atoms with Crippen molar-refractivity contribution in [1.82, 2.24) is 0 Å². The van der Waals surface area contributed by atoms with Crippen LogP contribution >= 0.6 is 0 Å². The first-order chi connectivity index (χ1) is 12.5. The molecule has 0 N–H and O–H groups in total. The van der Waals surface area contributed by atoms with E-state index in [-0.39, 0.29) is 0 Å². The average Bonchev–Trinajstić information content (AvgIpc) is 2.62. The van der Waals surface area contributed by atoms with Crippen molar-refractivity contribution in [2.24, 2.45) is 0 Å². The van der Waals surface area contributed by atoms with Gasteiger partial charge < -0.3 is 0 Å². The first kappa shape index (κ1) is 20.2. The van der Waals surface area contributed by atoms with E-state index in [9.17, 15) is 0 Å². The summed E-state index contributed by atoms with van der Waals surface area (Å²) in [6.45, 7) is 0. The molecule has 0 amide bonds. The van der Waals surface area contributed by atoms with E-state index in [0.29, 0.717) is 0 Å². The van der Waals surface area contributed by atoms with Gasteiger partial charge in [-0.15, -0.1) is 0 Å². The quantitative estimate of drug-likeness (QED) is 0.438. The van der Waals surface area contributed by atoms with Crippen molar-refractivity contribution in [3.63, 3.8) is 0 Å². The number of hydrogen-bond donors (Lipinski definition) is 0. The Bertz CT molecular complexity index is 580. The highest BCUT2D eigenvalue weighted by molar-refractivity contribution is 5.22. The van der Waals surface area contributed by atoms with Crippen LogP contribution in [-0.4, -0.2) is 0 Å². The molecule has 128 valence electrons. The molecular weight excluding hydrogens is 300 g/mol. The van der Waals surface area contributed by atoms with Crippen molar-refractivity contribution in [2.45, 2.75) is 19.3 Å². The monoisotopic (exact) mass is 328 g/mol. The second kappa shape index (κ2) is 17.5. The van der Waals surface area contributed by atoms with Crippen molar-refractivity contribution in [1.29, 1.82) is 0 Å². The highest BCUT2D eigenvalue weighted by Gasteiger charge is 1.78. The normalized spacial score (nSPS) is 17.0. The summed E-state index contributed by atoms with van der Waals surface area (Å²) in [4.78, 5) is 0. The molecule has 0 heteroatoms. The van der Waals surface area contributed by atoms with Crippen LogP contribution < -0.4 is 0 Å². The fraction of sp³-hybridized carbons (Fsp3) is 0.120. The van der Waals surface area contributed by atoms with E-state index in [4.69, 9.17) is 0 Å². The molecule has 0 radical (unpaired) electrons. The maximum atomic E-state index is 2.21. The lowest BCUT2D eigenvalue weighted by Crippen LogP contribution is -1.68. The molecule has 0 aliphatic heterocycles. The van der Waals surface area contributed by atoms with Crippen molar-refractivity contribution in [2.75, 3.05) is 0 Å². The van der Waals surface area contributed by atoms with Crippen LogP contribution in [0.15, 0.2) is 134 Å². The molecule has 1 rings (SSSR count). The van der Waals surface area contributed by atoms with Gasteiger partial charge in [0.25, 0.3) is 0 Å². The van der Waals surface area contributed by atoms with E-state index >= 15 is 0 Å². The summed E-state index contributed by atoms with van der Waals surface area (Å²) in [5.41, 5.74) is 0. The van der Waals surface area contributed by atoms with E-state index in [1.54, 1.807) is 0 Å². The molecule has 0 bridgehead atoms. The van der Waals surface area contributed by atoms with Crippen molar-refractivity contribution >= 4 is 0 Å². The second-order valence-corrected chi connectivity index (χ2v) is 5.25. The van der Waals surface area contributed by atoms with Crippen molar-refractivity contribution in [3.05, 3.63) is 134 Å². The van der Waals surface area contributed by atoms with Gasteiger partial charge in [0.1, 0.15) is 0 Å². The molecule has 0 nitrogen and oxygen atoms in total. The molecule has 0 saturated heterocycles. The Hall–Kier alpha value is -2.86. The molecule has 25 heavy (non-hydrogen) atoms. The van der Waals surface area contributed by atoms with E-state index < -0.39 is 0 Å². The predicted molar refractivity (Wildman–Crippen MR) is 114 cm³/mol. The third-order valence-electron chi connectivity index (χ3n) is 3.12. The number of allylic oxidation sites excluding steroid dienone is 22. The third-order valence-corrected chi connectivity index (χ3v) is 3.12. The van der Waals surface area contributed by atoms with Gasteiger partial charge in [0.2, 0.25) is 0 Å². The first-order valence-electron chi connectivity index (χ1n) is 8.82. The summed E-state index contributed by atoms with van der Waals surface area (Å²) in [7, 11) is 0. The minimum atomic E-state index is 1.11. The van der Waals surface area contributed by atoms with Gasteiger partial charge in [-0.1, -0.05) is 134 Å². The van der Waals surface area contributed by atoms with Crippen LogP contribution in [0.4, 0.5) is 0 Å². The molecule has 0 unspecified atom stereocenters. The zero-order valence-corrected chi connectivity index (χ0v) is 14.8. The first-order valence-corrected chi connectivity index (χ1v) is 8.82. The molecule has 0 aromatic heterocycles. The van der Waals surface area contributed by atoms with Crippen LogP contribution in [0.25, 0.3) is 0 Å². The van der Waals surface area contributed by atoms with Crippen LogP contribution in [0.3, 0.4) is 0 Å². The maximum absolute atomic E-state index is 2.21. The Kier molecular flexibility index (Phi) is 14.1. The van der Waals surface area contributed by atoms with Crippen LogP contribution in [0.1, 0.15) is 19.3 Å². The molecule has 0 heterocycles. The number of rotatable bonds is 0. The van der Waals surface area contributed by atoms with Crippen LogP contribution in [0.2, 0.25) is 0 Å². The SMILES string of the molecule is C1=CC=CC=CC=CC=CC=CCCCC=CC=CC=CC=CC=C1. The van der Waals surface area contributed by atoms with Gasteiger partial charge in [0.15, 0.2) is 0 Å². The summed E-state index contributed by atoms with van der Waals surface area (Å²) in [6.07, 6.45) is 48.5. The molecule has 0 saturated carbocycles. The number of hydrogen-bond acceptors (Lipinski definition) is 0. The lowest BCUT2D eigenvalue weighted by atomic mass is 10.2. The molecule has 0 spiro atoms. The molecule has 0 aromatic carbocycles. The van der Waals surface area contributed by atoms with Gasteiger partial charge in [0.05, 0.1) is 0 Å². The van der Waals surface area contributed by atoms with Gasteiger partial charge in [-0.25, -0.2) is 0 Å². The summed E-state index contributed by atoms with van der Waals surface area (Å²) in [5.74, 6) is 0. The summed E-state index contributed by atoms with van der Waals surface area (Å²) < 4.78 is 0. The summed E-state index contributed by atoms with van der Waals surface area (Å²) in [6, 6.07) is 0. The highest BCUT2D eigenvalue weighted by atomic mass is 13.8. The van der Waals surface area contributed by atoms with E-state index in [1.807, 2.05) is 97.2 Å². The Morgan fingerprint density at radius 2 is 0.440 bits per heavy atom. The van der Waals surface area contributed by atoms with Gasteiger partial charge in [0, 0.05) is 0 Å². The standard InChI is InChI=1S/C25H28/c1-2-4-6-8-10-12-14-16-18-20-22-24-25-23-21-19-17-15-13-11-9-7-5-3-1/h1-22H,23-25H2. The molecular formula is C25H28. The lowest BCUT2D eigenvalue weighted by Gasteiger charge is -1.88. The van der Waals surface area contributed by atoms with Gasteiger partial charge in [-0.2, -0.15) is 0 Å². The lowest BCUT2D eigenvalue weighted by molar-refractivity contribution is 0.868. The Morgan fingerprint density at radius 1 is 0.240 bits per heavy atom. The van der Waals surface area contributed by atoms with Crippen LogP contribution in [0, 0.1) is 0 Å². The molecule has 1 aliphatic carbocycles. The zero-order valence-electron chi connectivity index (χ0n) is 14.8.